The van der Waals surface area contributed by atoms with Crippen molar-refractivity contribution in [2.75, 3.05) is 7.11 Å². The van der Waals surface area contributed by atoms with E-state index in [1.54, 1.807) is 0 Å². The molecular formula is C19H28O3. The number of benzene rings is 1. The van der Waals surface area contributed by atoms with Crippen molar-refractivity contribution >= 4 is 5.97 Å². The molecule has 0 N–H and O–H groups in total. The van der Waals surface area contributed by atoms with Crippen molar-refractivity contribution in [3.8, 4) is 5.75 Å². The van der Waals surface area contributed by atoms with Crippen molar-refractivity contribution in [3.05, 3.63) is 27.8 Å². The Balaban J connectivity index is 2.29. The van der Waals surface area contributed by atoms with E-state index in [4.69, 9.17) is 9.47 Å². The largest absolute Gasteiger partial charge is 0.489 e. The number of hydrogen-bond donors (Lipinski definition) is 0. The first-order valence-electron chi connectivity index (χ1n) is 8.03. The number of rotatable bonds is 3. The van der Waals surface area contributed by atoms with Crippen LogP contribution in [0.2, 0.25) is 0 Å². The van der Waals surface area contributed by atoms with Crippen molar-refractivity contribution in [1.82, 2.24) is 0 Å². The van der Waals surface area contributed by atoms with Gasteiger partial charge in [-0.05, 0) is 62.4 Å². The molecule has 0 radical (unpaired) electrons. The monoisotopic (exact) mass is 304 g/mol. The fourth-order valence-electron chi connectivity index (χ4n) is 3.78. The van der Waals surface area contributed by atoms with Crippen LogP contribution in [0.4, 0.5) is 0 Å². The van der Waals surface area contributed by atoms with E-state index in [9.17, 15) is 4.79 Å². The molecule has 122 valence electrons. The molecule has 2 rings (SSSR count). The SMILES string of the molecule is COC(=O)C1C(C)C(Oc2c(C)c(C)c(C)c(C)c2C)C1C. The quantitative estimate of drug-likeness (QED) is 0.790. The number of carbonyl (C=O) groups is 1. The van der Waals surface area contributed by atoms with Crippen molar-refractivity contribution in [2.45, 2.75) is 54.6 Å². The van der Waals surface area contributed by atoms with E-state index in [0.717, 1.165) is 5.75 Å². The standard InChI is InChI=1S/C19H28O3/c1-9-10(2)12(4)17(13(5)11(9)3)22-18-14(6)16(15(18)7)19(20)21-8/h14-16,18H,1-8H3. The molecule has 1 saturated carbocycles. The lowest BCUT2D eigenvalue weighted by Gasteiger charge is -2.47. The van der Waals surface area contributed by atoms with Gasteiger partial charge in [-0.15, -0.1) is 0 Å². The van der Waals surface area contributed by atoms with Gasteiger partial charge < -0.3 is 9.47 Å². The highest BCUT2D eigenvalue weighted by Gasteiger charge is 2.51. The maximum absolute atomic E-state index is 11.8. The molecular weight excluding hydrogens is 276 g/mol. The highest BCUT2D eigenvalue weighted by molar-refractivity contribution is 5.74. The summed E-state index contributed by atoms with van der Waals surface area (Å²) in [5, 5.41) is 0. The van der Waals surface area contributed by atoms with Crippen molar-refractivity contribution < 1.29 is 14.3 Å². The molecule has 1 aliphatic carbocycles. The van der Waals surface area contributed by atoms with Crippen LogP contribution in [-0.4, -0.2) is 19.2 Å². The summed E-state index contributed by atoms with van der Waals surface area (Å²) in [5.41, 5.74) is 6.34. The summed E-state index contributed by atoms with van der Waals surface area (Å²) in [6, 6.07) is 0. The lowest BCUT2D eigenvalue weighted by molar-refractivity contribution is -0.166. The fourth-order valence-corrected chi connectivity index (χ4v) is 3.78. The Kier molecular flexibility index (Phi) is 4.55. The highest BCUT2D eigenvalue weighted by atomic mass is 16.5. The van der Waals surface area contributed by atoms with Crippen molar-refractivity contribution in [2.24, 2.45) is 17.8 Å². The molecule has 0 aromatic heterocycles. The first-order valence-corrected chi connectivity index (χ1v) is 8.03. The zero-order valence-electron chi connectivity index (χ0n) is 15.0. The van der Waals surface area contributed by atoms with Gasteiger partial charge in [-0.3, -0.25) is 4.79 Å². The number of ether oxygens (including phenoxy) is 2. The first kappa shape index (κ1) is 16.9. The van der Waals surface area contributed by atoms with Crippen molar-refractivity contribution in [3.63, 3.8) is 0 Å². The van der Waals surface area contributed by atoms with Gasteiger partial charge in [0.1, 0.15) is 11.9 Å². The lowest BCUT2D eigenvalue weighted by Crippen LogP contribution is -2.55. The molecule has 0 saturated heterocycles. The summed E-state index contributed by atoms with van der Waals surface area (Å²) < 4.78 is 11.3. The summed E-state index contributed by atoms with van der Waals surface area (Å²) in [7, 11) is 1.46. The molecule has 0 bridgehead atoms. The molecule has 1 aromatic rings. The van der Waals surface area contributed by atoms with Crippen LogP contribution in [0, 0.1) is 52.4 Å². The van der Waals surface area contributed by atoms with Gasteiger partial charge in [0.05, 0.1) is 13.0 Å². The predicted octanol–water partition coefficient (Wildman–Crippen LogP) is 4.05. The van der Waals surface area contributed by atoms with Gasteiger partial charge in [0.25, 0.3) is 0 Å². The van der Waals surface area contributed by atoms with E-state index in [1.807, 2.05) is 0 Å². The first-order chi connectivity index (χ1) is 10.2. The molecule has 1 aliphatic rings. The maximum Gasteiger partial charge on any atom is 0.309 e. The molecule has 0 aliphatic heterocycles. The summed E-state index contributed by atoms with van der Waals surface area (Å²) in [4.78, 5) is 11.8. The highest BCUT2D eigenvalue weighted by Crippen LogP contribution is 2.45. The summed E-state index contributed by atoms with van der Waals surface area (Å²) in [5.74, 6) is 1.19. The maximum atomic E-state index is 11.8. The summed E-state index contributed by atoms with van der Waals surface area (Å²) in [6.07, 6.45) is 0.0722. The van der Waals surface area contributed by atoms with Crippen LogP contribution in [0.3, 0.4) is 0 Å². The van der Waals surface area contributed by atoms with Crippen LogP contribution in [0.25, 0.3) is 0 Å². The average molecular weight is 304 g/mol. The summed E-state index contributed by atoms with van der Waals surface area (Å²) >= 11 is 0. The molecule has 0 heterocycles. The second-order valence-corrected chi connectivity index (χ2v) is 6.80. The number of carbonyl (C=O) groups excluding carboxylic acids is 1. The molecule has 3 nitrogen and oxygen atoms in total. The number of hydrogen-bond acceptors (Lipinski definition) is 3. The molecule has 22 heavy (non-hydrogen) atoms. The third-order valence-electron chi connectivity index (χ3n) is 5.83. The van der Waals surface area contributed by atoms with Crippen molar-refractivity contribution in [1.29, 1.82) is 0 Å². The number of esters is 1. The smallest absolute Gasteiger partial charge is 0.309 e. The average Bonchev–Trinajstić information content (AvgIpc) is 2.51. The van der Waals surface area contributed by atoms with Gasteiger partial charge in [-0.2, -0.15) is 0 Å². The van der Waals surface area contributed by atoms with Crippen LogP contribution in [0.15, 0.2) is 0 Å². The van der Waals surface area contributed by atoms with Gasteiger partial charge >= 0.3 is 5.97 Å². The second kappa shape index (κ2) is 5.94. The fraction of sp³-hybridized carbons (Fsp3) is 0.632. The Morgan fingerprint density at radius 3 is 1.64 bits per heavy atom. The van der Waals surface area contributed by atoms with Crippen LogP contribution in [-0.2, 0) is 9.53 Å². The molecule has 0 spiro atoms. The lowest BCUT2D eigenvalue weighted by atomic mass is 9.64. The molecule has 1 fully saturated rings. The molecule has 2 atom stereocenters. The normalized spacial score (nSPS) is 27.3. The Morgan fingerprint density at radius 2 is 1.23 bits per heavy atom. The van der Waals surface area contributed by atoms with E-state index >= 15 is 0 Å². The predicted molar refractivity (Wildman–Crippen MR) is 88.4 cm³/mol. The van der Waals surface area contributed by atoms with Crippen LogP contribution < -0.4 is 4.74 Å². The topological polar surface area (TPSA) is 35.5 Å². The molecule has 3 heteroatoms. The van der Waals surface area contributed by atoms with E-state index < -0.39 is 0 Å². The van der Waals surface area contributed by atoms with Gasteiger partial charge in [0.15, 0.2) is 0 Å². The zero-order valence-corrected chi connectivity index (χ0v) is 15.0. The Morgan fingerprint density at radius 1 is 0.818 bits per heavy atom. The minimum Gasteiger partial charge on any atom is -0.489 e. The third-order valence-corrected chi connectivity index (χ3v) is 5.83. The Hall–Kier alpha value is -1.51. The molecule has 2 unspecified atom stereocenters. The zero-order chi connectivity index (χ0) is 16.8. The van der Waals surface area contributed by atoms with Crippen LogP contribution in [0.5, 0.6) is 5.75 Å². The van der Waals surface area contributed by atoms with Gasteiger partial charge in [-0.1, -0.05) is 13.8 Å². The van der Waals surface area contributed by atoms with Crippen LogP contribution in [0.1, 0.15) is 41.7 Å². The minimum absolute atomic E-state index is 0.0525. The third kappa shape index (κ3) is 2.41. The second-order valence-electron chi connectivity index (χ2n) is 6.80. The van der Waals surface area contributed by atoms with E-state index in [0.29, 0.717) is 0 Å². The van der Waals surface area contributed by atoms with E-state index in [-0.39, 0.29) is 29.8 Å². The van der Waals surface area contributed by atoms with Crippen LogP contribution >= 0.6 is 0 Å². The van der Waals surface area contributed by atoms with Gasteiger partial charge in [0.2, 0.25) is 0 Å². The van der Waals surface area contributed by atoms with Gasteiger partial charge in [0, 0.05) is 11.8 Å². The Bertz CT molecular complexity index is 564. The molecule has 1 aromatic carbocycles. The van der Waals surface area contributed by atoms with Gasteiger partial charge in [-0.25, -0.2) is 0 Å². The van der Waals surface area contributed by atoms with E-state index in [1.165, 1.54) is 34.9 Å². The Labute approximate surface area is 134 Å². The minimum atomic E-state index is -0.121. The van der Waals surface area contributed by atoms with E-state index in [2.05, 4.69) is 48.5 Å². The number of methoxy groups -OCH3 is 1. The molecule has 0 amide bonds. The summed E-state index contributed by atoms with van der Waals surface area (Å²) in [6.45, 7) is 14.8.